The van der Waals surface area contributed by atoms with Crippen LogP contribution in [-0.4, -0.2) is 26.6 Å². The van der Waals surface area contributed by atoms with Gasteiger partial charge in [-0.2, -0.15) is 4.98 Å². The van der Waals surface area contributed by atoms with E-state index in [1.165, 1.54) is 0 Å². The average molecular weight is 211 g/mol. The van der Waals surface area contributed by atoms with Crippen LogP contribution in [0.1, 0.15) is 44.2 Å². The quantitative estimate of drug-likeness (QED) is 0.682. The molecule has 4 N–H and O–H groups in total. The molecule has 1 rings (SSSR count). The Morgan fingerprint density at radius 1 is 1.60 bits per heavy atom. The molecule has 84 valence electrons. The summed E-state index contributed by atoms with van der Waals surface area (Å²) in [6, 6.07) is 0. The van der Waals surface area contributed by atoms with Crippen molar-refractivity contribution in [3.8, 4) is 0 Å². The van der Waals surface area contributed by atoms with Crippen molar-refractivity contribution in [2.24, 2.45) is 0 Å². The number of aromatic amines is 1. The van der Waals surface area contributed by atoms with Crippen LogP contribution in [0.4, 0.5) is 5.95 Å². The molecule has 1 aromatic rings. The van der Waals surface area contributed by atoms with Gasteiger partial charge < -0.3 is 11.1 Å². The molecule has 6 nitrogen and oxygen atoms in total. The van der Waals surface area contributed by atoms with Crippen molar-refractivity contribution >= 4 is 11.9 Å². The second kappa shape index (κ2) is 4.29. The SMILES string of the molecule is CCCC(C)(C)NC(=O)c1nc(N)n[nH]1. The van der Waals surface area contributed by atoms with Crippen LogP contribution in [0, 0.1) is 0 Å². The minimum Gasteiger partial charge on any atom is -0.366 e. The maximum Gasteiger partial charge on any atom is 0.289 e. The van der Waals surface area contributed by atoms with E-state index < -0.39 is 0 Å². The Balaban J connectivity index is 2.63. The van der Waals surface area contributed by atoms with E-state index >= 15 is 0 Å². The maximum absolute atomic E-state index is 11.6. The summed E-state index contributed by atoms with van der Waals surface area (Å²) in [4.78, 5) is 15.4. The first-order valence-corrected chi connectivity index (χ1v) is 4.95. The van der Waals surface area contributed by atoms with Gasteiger partial charge >= 0.3 is 0 Å². The Bertz CT molecular complexity index is 344. The average Bonchev–Trinajstić information content (AvgIpc) is 2.50. The molecule has 1 amide bonds. The molecule has 0 bridgehead atoms. The Morgan fingerprint density at radius 2 is 2.27 bits per heavy atom. The fraction of sp³-hybridized carbons (Fsp3) is 0.667. The molecule has 0 saturated heterocycles. The predicted octanol–water partition coefficient (Wildman–Crippen LogP) is 0.695. The second-order valence-electron chi connectivity index (χ2n) is 4.13. The zero-order valence-electron chi connectivity index (χ0n) is 9.29. The number of carbonyl (C=O) groups is 1. The molecule has 0 aliphatic heterocycles. The number of nitrogens with zero attached hydrogens (tertiary/aromatic N) is 2. The predicted molar refractivity (Wildman–Crippen MR) is 57.2 cm³/mol. The zero-order chi connectivity index (χ0) is 11.5. The minimum atomic E-state index is -0.280. The van der Waals surface area contributed by atoms with Crippen LogP contribution >= 0.6 is 0 Å². The highest BCUT2D eigenvalue weighted by Crippen LogP contribution is 2.11. The highest BCUT2D eigenvalue weighted by Gasteiger charge is 2.21. The number of nitrogen functional groups attached to an aromatic ring is 1. The molecule has 0 atom stereocenters. The van der Waals surface area contributed by atoms with Gasteiger partial charge in [-0.1, -0.05) is 13.3 Å². The van der Waals surface area contributed by atoms with E-state index in [2.05, 4.69) is 27.4 Å². The van der Waals surface area contributed by atoms with Crippen LogP contribution in [0.15, 0.2) is 0 Å². The molecule has 0 spiro atoms. The number of amides is 1. The number of rotatable bonds is 4. The first-order valence-electron chi connectivity index (χ1n) is 4.95. The van der Waals surface area contributed by atoms with E-state index in [1.54, 1.807) is 0 Å². The van der Waals surface area contributed by atoms with Crippen molar-refractivity contribution in [2.45, 2.75) is 39.2 Å². The molecule has 0 aliphatic carbocycles. The van der Waals surface area contributed by atoms with Crippen molar-refractivity contribution in [3.05, 3.63) is 5.82 Å². The van der Waals surface area contributed by atoms with Crippen LogP contribution in [-0.2, 0) is 0 Å². The molecular weight excluding hydrogens is 194 g/mol. The molecule has 0 aromatic carbocycles. The van der Waals surface area contributed by atoms with E-state index in [1.807, 2.05) is 13.8 Å². The summed E-state index contributed by atoms with van der Waals surface area (Å²) < 4.78 is 0. The monoisotopic (exact) mass is 211 g/mol. The summed E-state index contributed by atoms with van der Waals surface area (Å²) in [5.74, 6) is -0.0530. The van der Waals surface area contributed by atoms with E-state index in [0.29, 0.717) is 0 Å². The van der Waals surface area contributed by atoms with Gasteiger partial charge in [0, 0.05) is 5.54 Å². The molecule has 1 aromatic heterocycles. The highest BCUT2D eigenvalue weighted by molar-refractivity contribution is 5.91. The molecule has 6 heteroatoms. The summed E-state index contributed by atoms with van der Waals surface area (Å²) in [5.41, 5.74) is 5.06. The summed E-state index contributed by atoms with van der Waals surface area (Å²) in [7, 11) is 0. The first kappa shape index (κ1) is 11.5. The smallest absolute Gasteiger partial charge is 0.289 e. The van der Waals surface area contributed by atoms with Gasteiger partial charge in [0.15, 0.2) is 0 Å². The maximum atomic E-state index is 11.6. The van der Waals surface area contributed by atoms with Gasteiger partial charge in [-0.15, -0.1) is 5.10 Å². The lowest BCUT2D eigenvalue weighted by Gasteiger charge is -2.24. The number of carbonyl (C=O) groups excluding carboxylic acids is 1. The molecular formula is C9H17N5O. The fourth-order valence-electron chi connectivity index (χ4n) is 1.43. The Labute approximate surface area is 88.7 Å². The second-order valence-corrected chi connectivity index (χ2v) is 4.13. The lowest BCUT2D eigenvalue weighted by Crippen LogP contribution is -2.43. The van der Waals surface area contributed by atoms with Gasteiger partial charge in [0.2, 0.25) is 11.8 Å². The van der Waals surface area contributed by atoms with Crippen molar-refractivity contribution in [1.82, 2.24) is 20.5 Å². The summed E-state index contributed by atoms with van der Waals surface area (Å²) in [6.07, 6.45) is 1.91. The summed E-state index contributed by atoms with van der Waals surface area (Å²) >= 11 is 0. The van der Waals surface area contributed by atoms with E-state index in [4.69, 9.17) is 5.73 Å². The molecule has 0 unspecified atom stereocenters. The van der Waals surface area contributed by atoms with Gasteiger partial charge in [0.25, 0.3) is 5.91 Å². The summed E-state index contributed by atoms with van der Waals surface area (Å²) in [5, 5.41) is 8.92. The van der Waals surface area contributed by atoms with Gasteiger partial charge in [0.05, 0.1) is 0 Å². The number of anilines is 1. The number of hydrogen-bond donors (Lipinski definition) is 3. The Kier molecular flexibility index (Phi) is 3.28. The number of aromatic nitrogens is 3. The number of nitrogens with one attached hydrogen (secondary N) is 2. The van der Waals surface area contributed by atoms with Crippen molar-refractivity contribution < 1.29 is 4.79 Å². The lowest BCUT2D eigenvalue weighted by atomic mass is 9.99. The summed E-state index contributed by atoms with van der Waals surface area (Å²) in [6.45, 7) is 6.00. The van der Waals surface area contributed by atoms with Gasteiger partial charge in [-0.25, -0.2) is 0 Å². The lowest BCUT2D eigenvalue weighted by molar-refractivity contribution is 0.0898. The highest BCUT2D eigenvalue weighted by atomic mass is 16.2. The standard InChI is InChI=1S/C9H17N5O/c1-4-5-9(2,3)12-7(15)6-11-8(10)14-13-6/h4-5H2,1-3H3,(H,12,15)(H3,10,11,13,14). The third-order valence-electron chi connectivity index (χ3n) is 2.04. The largest absolute Gasteiger partial charge is 0.366 e. The van der Waals surface area contributed by atoms with Gasteiger partial charge in [-0.3, -0.25) is 9.89 Å². The van der Waals surface area contributed by atoms with Crippen LogP contribution in [0.5, 0.6) is 0 Å². The molecule has 0 radical (unpaired) electrons. The van der Waals surface area contributed by atoms with E-state index in [9.17, 15) is 4.79 Å². The van der Waals surface area contributed by atoms with Crippen LogP contribution < -0.4 is 11.1 Å². The molecule has 0 saturated carbocycles. The third kappa shape index (κ3) is 3.23. The van der Waals surface area contributed by atoms with Crippen LogP contribution in [0.25, 0.3) is 0 Å². The Hall–Kier alpha value is -1.59. The van der Waals surface area contributed by atoms with Crippen molar-refractivity contribution in [1.29, 1.82) is 0 Å². The zero-order valence-corrected chi connectivity index (χ0v) is 9.29. The Morgan fingerprint density at radius 3 is 2.73 bits per heavy atom. The van der Waals surface area contributed by atoms with E-state index in [0.717, 1.165) is 12.8 Å². The van der Waals surface area contributed by atoms with Crippen LogP contribution in [0.2, 0.25) is 0 Å². The first-order chi connectivity index (χ1) is 6.94. The van der Waals surface area contributed by atoms with Crippen molar-refractivity contribution in [3.63, 3.8) is 0 Å². The normalized spacial score (nSPS) is 11.4. The van der Waals surface area contributed by atoms with Gasteiger partial charge in [-0.05, 0) is 20.3 Å². The topological polar surface area (TPSA) is 96.7 Å². The fourth-order valence-corrected chi connectivity index (χ4v) is 1.43. The molecule has 0 fully saturated rings. The molecule has 0 aliphatic rings. The van der Waals surface area contributed by atoms with Gasteiger partial charge in [0.1, 0.15) is 0 Å². The number of hydrogen-bond acceptors (Lipinski definition) is 4. The molecule has 1 heterocycles. The van der Waals surface area contributed by atoms with Crippen molar-refractivity contribution in [2.75, 3.05) is 5.73 Å². The number of H-pyrrole nitrogens is 1. The van der Waals surface area contributed by atoms with E-state index in [-0.39, 0.29) is 23.2 Å². The van der Waals surface area contributed by atoms with Crippen LogP contribution in [0.3, 0.4) is 0 Å². The minimum absolute atomic E-state index is 0.0773. The number of nitrogens with two attached hydrogens (primary N) is 1. The third-order valence-corrected chi connectivity index (χ3v) is 2.04. The molecule has 15 heavy (non-hydrogen) atoms.